The Bertz CT molecular complexity index is 439. The molecular formula is C12H12Br2O2. The molecule has 4 heteroatoms. The van der Waals surface area contributed by atoms with Crippen molar-refractivity contribution in [2.45, 2.75) is 20.3 Å². The predicted octanol–water partition coefficient (Wildman–Crippen LogP) is 4.26. The van der Waals surface area contributed by atoms with Gasteiger partial charge in [-0.2, -0.15) is 0 Å². The largest absolute Gasteiger partial charge is 0.421 e. The van der Waals surface area contributed by atoms with Crippen molar-refractivity contribution in [3.8, 4) is 5.75 Å². The number of hydrogen-bond donors (Lipinski definition) is 0. The molecule has 86 valence electrons. The molecule has 0 aliphatic rings. The monoisotopic (exact) mass is 346 g/mol. The Morgan fingerprint density at radius 2 is 2.06 bits per heavy atom. The van der Waals surface area contributed by atoms with E-state index in [4.69, 9.17) is 4.74 Å². The normalized spacial score (nSPS) is 10.0. The molecule has 0 bridgehead atoms. The summed E-state index contributed by atoms with van der Waals surface area (Å²) in [7, 11) is 0. The Kier molecular flexibility index (Phi) is 4.74. The number of rotatable bonds is 3. The molecule has 1 aromatic rings. The number of carbonyl (C=O) groups excluding carboxylic acids is 1. The topological polar surface area (TPSA) is 26.3 Å². The van der Waals surface area contributed by atoms with Crippen LogP contribution in [-0.4, -0.2) is 5.97 Å². The lowest BCUT2D eigenvalue weighted by Crippen LogP contribution is -2.09. The smallest absolute Gasteiger partial charge is 0.338 e. The number of esters is 1. The van der Waals surface area contributed by atoms with Crippen LogP contribution in [0.25, 0.3) is 0 Å². The highest BCUT2D eigenvalue weighted by molar-refractivity contribution is 9.11. The predicted molar refractivity (Wildman–Crippen MR) is 71.7 cm³/mol. The van der Waals surface area contributed by atoms with Crippen LogP contribution in [0, 0.1) is 0 Å². The molecule has 0 N–H and O–H groups in total. The van der Waals surface area contributed by atoms with Crippen LogP contribution in [0.1, 0.15) is 19.4 Å². The summed E-state index contributed by atoms with van der Waals surface area (Å²) in [5.74, 6) is 0.0852. The molecule has 0 amide bonds. The maximum Gasteiger partial charge on any atom is 0.338 e. The van der Waals surface area contributed by atoms with Crippen molar-refractivity contribution < 1.29 is 9.53 Å². The van der Waals surface area contributed by atoms with Gasteiger partial charge in [0.15, 0.2) is 5.75 Å². The fourth-order valence-electron chi connectivity index (χ4n) is 1.12. The van der Waals surface area contributed by atoms with Crippen LogP contribution in [-0.2, 0) is 11.2 Å². The fourth-order valence-corrected chi connectivity index (χ4v) is 2.50. The van der Waals surface area contributed by atoms with Gasteiger partial charge < -0.3 is 4.74 Å². The Labute approximate surface area is 112 Å². The minimum atomic E-state index is -0.422. The first-order chi connectivity index (χ1) is 7.47. The summed E-state index contributed by atoms with van der Waals surface area (Å²) in [6.45, 7) is 7.21. The lowest BCUT2D eigenvalue weighted by Gasteiger charge is -2.11. The molecule has 0 aliphatic heterocycles. The Morgan fingerprint density at radius 3 is 2.56 bits per heavy atom. The highest BCUT2D eigenvalue weighted by atomic mass is 79.9. The minimum Gasteiger partial charge on any atom is -0.421 e. The van der Waals surface area contributed by atoms with Crippen molar-refractivity contribution in [1.82, 2.24) is 0 Å². The van der Waals surface area contributed by atoms with E-state index >= 15 is 0 Å². The van der Waals surface area contributed by atoms with Crippen LogP contribution in [0.5, 0.6) is 5.75 Å². The zero-order chi connectivity index (χ0) is 12.3. The van der Waals surface area contributed by atoms with Gasteiger partial charge in [0.25, 0.3) is 0 Å². The van der Waals surface area contributed by atoms with Gasteiger partial charge in [-0.15, -0.1) is 0 Å². The molecule has 0 saturated carbocycles. The average Bonchev–Trinajstić information content (AvgIpc) is 2.24. The molecule has 0 saturated heterocycles. The molecule has 0 unspecified atom stereocenters. The van der Waals surface area contributed by atoms with Crippen LogP contribution in [0.15, 0.2) is 33.2 Å². The third kappa shape index (κ3) is 2.95. The van der Waals surface area contributed by atoms with E-state index < -0.39 is 5.97 Å². The second kappa shape index (κ2) is 5.64. The van der Waals surface area contributed by atoms with Crippen molar-refractivity contribution >= 4 is 37.8 Å². The highest BCUT2D eigenvalue weighted by Gasteiger charge is 2.14. The molecule has 1 rings (SSSR count). The van der Waals surface area contributed by atoms with Crippen LogP contribution < -0.4 is 4.74 Å². The summed E-state index contributed by atoms with van der Waals surface area (Å²) in [6, 6.07) is 3.84. The molecule has 0 spiro atoms. The van der Waals surface area contributed by atoms with E-state index in [1.807, 2.05) is 19.1 Å². The summed E-state index contributed by atoms with van der Waals surface area (Å²) < 4.78 is 6.79. The molecule has 0 aromatic heterocycles. The maximum absolute atomic E-state index is 11.5. The maximum atomic E-state index is 11.5. The summed E-state index contributed by atoms with van der Waals surface area (Å²) >= 11 is 6.78. The summed E-state index contributed by atoms with van der Waals surface area (Å²) in [6.07, 6.45) is 0.867. The van der Waals surface area contributed by atoms with Crippen LogP contribution >= 0.6 is 31.9 Å². The number of halogens is 2. The standard InChI is InChI=1S/C12H12Br2O2/c1-4-8-5-6-9(13)11(10(8)14)16-12(15)7(2)3/h5-6H,2,4H2,1,3H3. The zero-order valence-electron chi connectivity index (χ0n) is 9.14. The molecule has 0 fully saturated rings. The van der Waals surface area contributed by atoms with Crippen molar-refractivity contribution in [2.75, 3.05) is 0 Å². The molecular weight excluding hydrogens is 336 g/mol. The number of benzene rings is 1. The van der Waals surface area contributed by atoms with Crippen LogP contribution in [0.4, 0.5) is 0 Å². The summed E-state index contributed by atoms with van der Waals surface area (Å²) in [5, 5.41) is 0. The van der Waals surface area contributed by atoms with Crippen LogP contribution in [0.2, 0.25) is 0 Å². The van der Waals surface area contributed by atoms with E-state index in [9.17, 15) is 4.79 Å². The van der Waals surface area contributed by atoms with Crippen molar-refractivity contribution in [3.63, 3.8) is 0 Å². The van der Waals surface area contributed by atoms with Gasteiger partial charge in [-0.3, -0.25) is 0 Å². The van der Waals surface area contributed by atoms with Crippen molar-refractivity contribution in [1.29, 1.82) is 0 Å². The number of aryl methyl sites for hydroxylation is 1. The summed E-state index contributed by atoms with van der Waals surface area (Å²) in [4.78, 5) is 11.5. The quantitative estimate of drug-likeness (QED) is 0.464. The van der Waals surface area contributed by atoms with Crippen molar-refractivity contribution in [3.05, 3.63) is 38.8 Å². The lowest BCUT2D eigenvalue weighted by molar-refractivity contribution is -0.130. The van der Waals surface area contributed by atoms with E-state index in [0.717, 1.165) is 20.9 Å². The molecule has 0 radical (unpaired) electrons. The summed E-state index contributed by atoms with van der Waals surface area (Å²) in [5.41, 5.74) is 1.47. The Hall–Kier alpha value is -0.610. The second-order valence-corrected chi connectivity index (χ2v) is 5.02. The van der Waals surface area contributed by atoms with E-state index in [1.54, 1.807) is 6.92 Å². The molecule has 1 aromatic carbocycles. The first-order valence-corrected chi connectivity index (χ1v) is 6.40. The zero-order valence-corrected chi connectivity index (χ0v) is 12.3. The highest BCUT2D eigenvalue weighted by Crippen LogP contribution is 2.36. The van der Waals surface area contributed by atoms with Gasteiger partial charge in [0.2, 0.25) is 0 Å². The molecule has 0 heterocycles. The fraction of sp³-hybridized carbons (Fsp3) is 0.250. The molecule has 0 aliphatic carbocycles. The Morgan fingerprint density at radius 1 is 1.44 bits per heavy atom. The molecule has 16 heavy (non-hydrogen) atoms. The third-order valence-corrected chi connectivity index (χ3v) is 3.55. The van der Waals surface area contributed by atoms with E-state index in [1.165, 1.54) is 0 Å². The van der Waals surface area contributed by atoms with Gasteiger partial charge in [-0.25, -0.2) is 4.79 Å². The average molecular weight is 348 g/mol. The van der Waals surface area contributed by atoms with Gasteiger partial charge in [0, 0.05) is 5.57 Å². The number of hydrogen-bond acceptors (Lipinski definition) is 2. The molecule has 0 atom stereocenters. The first kappa shape index (κ1) is 13.5. The second-order valence-electron chi connectivity index (χ2n) is 3.37. The van der Waals surface area contributed by atoms with Gasteiger partial charge in [-0.05, 0) is 56.8 Å². The van der Waals surface area contributed by atoms with E-state index in [-0.39, 0.29) is 0 Å². The van der Waals surface area contributed by atoms with Gasteiger partial charge >= 0.3 is 5.97 Å². The van der Waals surface area contributed by atoms with Gasteiger partial charge in [0.05, 0.1) is 8.95 Å². The molecule has 2 nitrogen and oxygen atoms in total. The van der Waals surface area contributed by atoms with Crippen LogP contribution in [0.3, 0.4) is 0 Å². The number of carbonyl (C=O) groups is 1. The van der Waals surface area contributed by atoms with Gasteiger partial charge in [-0.1, -0.05) is 19.6 Å². The first-order valence-electron chi connectivity index (χ1n) is 4.82. The lowest BCUT2D eigenvalue weighted by atomic mass is 10.2. The number of ether oxygens (including phenoxy) is 1. The van der Waals surface area contributed by atoms with E-state index in [0.29, 0.717) is 11.3 Å². The SMILES string of the molecule is C=C(C)C(=O)Oc1c(Br)ccc(CC)c1Br. The third-order valence-electron chi connectivity index (χ3n) is 2.05. The minimum absolute atomic E-state index is 0.376. The Balaban J connectivity index is 3.12. The van der Waals surface area contributed by atoms with Gasteiger partial charge in [0.1, 0.15) is 0 Å². The van der Waals surface area contributed by atoms with E-state index in [2.05, 4.69) is 38.4 Å². The van der Waals surface area contributed by atoms with Crippen molar-refractivity contribution in [2.24, 2.45) is 0 Å².